The highest BCUT2D eigenvalue weighted by Crippen LogP contribution is 2.27. The van der Waals surface area contributed by atoms with Gasteiger partial charge < -0.3 is 14.8 Å². The molecular weight excluding hydrogens is 384 g/mol. The lowest BCUT2D eigenvalue weighted by Gasteiger charge is -2.26. The van der Waals surface area contributed by atoms with Gasteiger partial charge in [-0.2, -0.15) is 0 Å². The van der Waals surface area contributed by atoms with Crippen molar-refractivity contribution < 1.29 is 9.47 Å². The van der Waals surface area contributed by atoms with Gasteiger partial charge in [-0.1, -0.05) is 6.07 Å². The van der Waals surface area contributed by atoms with Gasteiger partial charge in [0.05, 0.1) is 30.4 Å². The average Bonchev–Trinajstić information content (AvgIpc) is 3.19. The molecule has 3 heterocycles. The Morgan fingerprint density at radius 2 is 2.07 bits per heavy atom. The fraction of sp³-hybridized carbons (Fsp3) is 0.364. The zero-order valence-electron chi connectivity index (χ0n) is 16.6. The number of benzene rings is 1. The quantitative estimate of drug-likeness (QED) is 0.557. The Bertz CT molecular complexity index is 924. The number of rotatable bonds is 8. The Labute approximate surface area is 175 Å². The summed E-state index contributed by atoms with van der Waals surface area (Å²) in [7, 11) is 0. The van der Waals surface area contributed by atoms with Crippen LogP contribution in [0.3, 0.4) is 0 Å². The molecule has 0 unspecified atom stereocenters. The fourth-order valence-electron chi connectivity index (χ4n) is 3.22. The minimum absolute atomic E-state index is 0.582. The molecule has 0 spiro atoms. The highest BCUT2D eigenvalue weighted by molar-refractivity contribution is 7.15. The predicted molar refractivity (Wildman–Crippen MR) is 117 cm³/mol. The van der Waals surface area contributed by atoms with Crippen LogP contribution in [0.15, 0.2) is 48.7 Å². The Balaban J connectivity index is 1.31. The van der Waals surface area contributed by atoms with Gasteiger partial charge >= 0.3 is 0 Å². The van der Waals surface area contributed by atoms with Gasteiger partial charge in [0, 0.05) is 42.5 Å². The first kappa shape index (κ1) is 19.8. The minimum Gasteiger partial charge on any atom is -0.493 e. The number of nitrogens with one attached hydrogen (secondary N) is 1. The number of hydrogen-bond acceptors (Lipinski definition) is 7. The third-order valence-corrected chi connectivity index (χ3v) is 5.75. The molecule has 0 amide bonds. The van der Waals surface area contributed by atoms with Crippen LogP contribution in [-0.2, 0) is 4.74 Å². The molecule has 0 atom stereocenters. The Kier molecular flexibility index (Phi) is 6.71. The molecule has 1 N–H and O–H groups in total. The number of hydrogen-bond donors (Lipinski definition) is 1. The second-order valence-electron chi connectivity index (χ2n) is 6.98. The third-order valence-electron chi connectivity index (χ3n) is 4.73. The monoisotopic (exact) mass is 410 g/mol. The van der Waals surface area contributed by atoms with E-state index in [0.717, 1.165) is 61.3 Å². The fourth-order valence-corrected chi connectivity index (χ4v) is 4.06. The molecule has 6 nitrogen and oxygen atoms in total. The van der Waals surface area contributed by atoms with Crippen molar-refractivity contribution in [1.29, 1.82) is 0 Å². The molecule has 152 valence electrons. The van der Waals surface area contributed by atoms with Crippen LogP contribution < -0.4 is 10.1 Å². The molecule has 2 aromatic heterocycles. The van der Waals surface area contributed by atoms with E-state index in [4.69, 9.17) is 9.47 Å². The molecule has 7 heteroatoms. The molecule has 4 rings (SSSR count). The molecule has 1 aliphatic heterocycles. The van der Waals surface area contributed by atoms with Gasteiger partial charge in [0.1, 0.15) is 5.75 Å². The second kappa shape index (κ2) is 9.82. The van der Waals surface area contributed by atoms with E-state index in [0.29, 0.717) is 12.6 Å². The van der Waals surface area contributed by atoms with Crippen molar-refractivity contribution in [2.45, 2.75) is 13.3 Å². The maximum absolute atomic E-state index is 5.93. The predicted octanol–water partition coefficient (Wildman–Crippen LogP) is 4.36. The van der Waals surface area contributed by atoms with Crippen LogP contribution >= 0.6 is 11.3 Å². The molecule has 29 heavy (non-hydrogen) atoms. The van der Waals surface area contributed by atoms with Crippen LogP contribution in [0.2, 0.25) is 0 Å². The van der Waals surface area contributed by atoms with Crippen LogP contribution in [0.25, 0.3) is 10.6 Å². The smallest absolute Gasteiger partial charge is 0.227 e. The Morgan fingerprint density at radius 1 is 1.17 bits per heavy atom. The third kappa shape index (κ3) is 5.76. The van der Waals surface area contributed by atoms with Crippen LogP contribution in [0.5, 0.6) is 5.75 Å². The highest BCUT2D eigenvalue weighted by Gasteiger charge is 2.09. The summed E-state index contributed by atoms with van der Waals surface area (Å²) in [6, 6.07) is 14.1. The molecular formula is C22H26N4O2S. The van der Waals surface area contributed by atoms with Crippen molar-refractivity contribution in [3.63, 3.8) is 0 Å². The lowest BCUT2D eigenvalue weighted by atomic mass is 10.3. The maximum Gasteiger partial charge on any atom is 0.227 e. The zero-order chi connectivity index (χ0) is 19.9. The number of anilines is 2. The van der Waals surface area contributed by atoms with E-state index >= 15 is 0 Å². The highest BCUT2D eigenvalue weighted by atomic mass is 32.1. The standard InChI is InChI=1S/C22H26N4O2S/c1-17-6-7-21(29-17)20-8-9-23-22(25-20)24-18-4-2-5-19(16-18)28-13-3-10-26-11-14-27-15-12-26/h2,4-9,16H,3,10-15H2,1H3,(H,23,24,25). The van der Waals surface area contributed by atoms with Crippen molar-refractivity contribution in [2.24, 2.45) is 0 Å². The van der Waals surface area contributed by atoms with E-state index in [9.17, 15) is 0 Å². The summed E-state index contributed by atoms with van der Waals surface area (Å²) in [4.78, 5) is 13.8. The van der Waals surface area contributed by atoms with Crippen molar-refractivity contribution in [2.75, 3.05) is 44.8 Å². The van der Waals surface area contributed by atoms with Crippen LogP contribution in [0.4, 0.5) is 11.6 Å². The van der Waals surface area contributed by atoms with E-state index in [1.54, 1.807) is 17.5 Å². The maximum atomic E-state index is 5.93. The lowest BCUT2D eigenvalue weighted by Crippen LogP contribution is -2.37. The van der Waals surface area contributed by atoms with Crippen LogP contribution in [0, 0.1) is 6.92 Å². The first-order valence-electron chi connectivity index (χ1n) is 9.96. The summed E-state index contributed by atoms with van der Waals surface area (Å²) >= 11 is 1.73. The normalized spacial score (nSPS) is 14.7. The van der Waals surface area contributed by atoms with Gasteiger partial charge in [-0.15, -0.1) is 11.3 Å². The van der Waals surface area contributed by atoms with E-state index in [2.05, 4.69) is 39.2 Å². The number of aromatic nitrogens is 2. The average molecular weight is 411 g/mol. The molecule has 3 aromatic rings. The van der Waals surface area contributed by atoms with Crippen LogP contribution in [0.1, 0.15) is 11.3 Å². The van der Waals surface area contributed by atoms with Gasteiger partial charge in [0.2, 0.25) is 5.95 Å². The number of nitrogens with zero attached hydrogens (tertiary/aromatic N) is 3. The van der Waals surface area contributed by atoms with E-state index in [1.165, 1.54) is 4.88 Å². The molecule has 1 aromatic carbocycles. The summed E-state index contributed by atoms with van der Waals surface area (Å²) < 4.78 is 11.3. The summed E-state index contributed by atoms with van der Waals surface area (Å²) in [5, 5.41) is 3.28. The largest absolute Gasteiger partial charge is 0.493 e. The first-order valence-corrected chi connectivity index (χ1v) is 10.8. The lowest BCUT2D eigenvalue weighted by molar-refractivity contribution is 0.0358. The number of morpholine rings is 1. The molecule has 0 bridgehead atoms. The van der Waals surface area contributed by atoms with Crippen molar-refractivity contribution in [1.82, 2.24) is 14.9 Å². The summed E-state index contributed by atoms with van der Waals surface area (Å²) in [6.45, 7) is 7.55. The molecule has 1 fully saturated rings. The van der Waals surface area contributed by atoms with Crippen molar-refractivity contribution >= 4 is 23.0 Å². The first-order chi connectivity index (χ1) is 14.3. The number of ether oxygens (including phenoxy) is 2. The Hall–Kier alpha value is -2.48. The number of thiophene rings is 1. The topological polar surface area (TPSA) is 59.5 Å². The van der Waals surface area contributed by atoms with E-state index in [-0.39, 0.29) is 0 Å². The summed E-state index contributed by atoms with van der Waals surface area (Å²) in [6.07, 6.45) is 2.79. The van der Waals surface area contributed by atoms with Gasteiger partial charge in [-0.25, -0.2) is 9.97 Å². The Morgan fingerprint density at radius 3 is 2.90 bits per heavy atom. The van der Waals surface area contributed by atoms with Crippen molar-refractivity contribution in [3.05, 3.63) is 53.5 Å². The number of aryl methyl sites for hydroxylation is 1. The molecule has 0 radical (unpaired) electrons. The molecule has 0 saturated carbocycles. The minimum atomic E-state index is 0.582. The molecule has 1 aliphatic rings. The zero-order valence-corrected chi connectivity index (χ0v) is 17.5. The SMILES string of the molecule is Cc1ccc(-c2ccnc(Nc3cccc(OCCCN4CCOCC4)c3)n2)s1. The summed E-state index contributed by atoms with van der Waals surface area (Å²) in [5.41, 5.74) is 1.84. The van der Waals surface area contributed by atoms with Gasteiger partial charge in [-0.05, 0) is 43.7 Å². The van der Waals surface area contributed by atoms with Gasteiger partial charge in [-0.3, -0.25) is 4.90 Å². The van der Waals surface area contributed by atoms with Crippen molar-refractivity contribution in [3.8, 4) is 16.3 Å². The van der Waals surface area contributed by atoms with Gasteiger partial charge in [0.15, 0.2) is 0 Å². The molecule has 0 aliphatic carbocycles. The summed E-state index contributed by atoms with van der Waals surface area (Å²) in [5.74, 6) is 1.43. The second-order valence-corrected chi connectivity index (χ2v) is 8.27. The van der Waals surface area contributed by atoms with E-state index < -0.39 is 0 Å². The van der Waals surface area contributed by atoms with Gasteiger partial charge in [0.25, 0.3) is 0 Å². The molecule has 1 saturated heterocycles. The van der Waals surface area contributed by atoms with E-state index in [1.807, 2.05) is 30.3 Å². The van der Waals surface area contributed by atoms with Crippen LogP contribution in [-0.4, -0.2) is 54.3 Å².